The molecule has 0 aromatic carbocycles. The lowest BCUT2D eigenvalue weighted by Crippen LogP contribution is -2.69. The van der Waals surface area contributed by atoms with Gasteiger partial charge in [-0.2, -0.15) is 0 Å². The number of aliphatic hydroxyl groups excluding tert-OH is 1. The number of carbonyl (C=O) groups is 2. The second-order valence-corrected chi connectivity index (χ2v) is 8.18. The normalized spacial score (nSPS) is 35.4. The van der Waals surface area contributed by atoms with Crippen molar-refractivity contribution >= 4 is 11.8 Å². The maximum atomic E-state index is 12.9. The smallest absolute Gasteiger partial charge is 0.231 e. The Hall–Kier alpha value is -1.18. The molecule has 3 rings (SSSR count). The third-order valence-corrected chi connectivity index (χ3v) is 6.93. The van der Waals surface area contributed by atoms with Crippen LogP contribution in [0.25, 0.3) is 0 Å². The van der Waals surface area contributed by atoms with E-state index in [4.69, 9.17) is 10.5 Å². The van der Waals surface area contributed by atoms with E-state index < -0.39 is 0 Å². The van der Waals surface area contributed by atoms with Crippen molar-refractivity contribution in [2.45, 2.75) is 50.7 Å². The summed E-state index contributed by atoms with van der Waals surface area (Å²) in [6, 6.07) is 0. The molecular weight excluding hydrogens is 322 g/mol. The van der Waals surface area contributed by atoms with Gasteiger partial charge in [-0.05, 0) is 39.2 Å². The van der Waals surface area contributed by atoms with E-state index in [2.05, 4.69) is 6.92 Å². The number of methoxy groups -OCH3 is 1. The van der Waals surface area contributed by atoms with Crippen LogP contribution in [0, 0.1) is 11.3 Å². The molecule has 2 amide bonds. The van der Waals surface area contributed by atoms with Gasteiger partial charge >= 0.3 is 0 Å². The third kappa shape index (κ3) is 3.17. The summed E-state index contributed by atoms with van der Waals surface area (Å²) in [7, 11) is 1.71. The van der Waals surface area contributed by atoms with Gasteiger partial charge in [-0.15, -0.1) is 0 Å². The summed E-state index contributed by atoms with van der Waals surface area (Å²) in [6.07, 6.45) is 3.68. The van der Waals surface area contributed by atoms with Crippen LogP contribution in [0.3, 0.4) is 0 Å². The van der Waals surface area contributed by atoms with Crippen molar-refractivity contribution in [3.05, 3.63) is 0 Å². The number of hydrogen-bond donors (Lipinski definition) is 2. The van der Waals surface area contributed by atoms with Crippen molar-refractivity contribution in [2.75, 3.05) is 39.8 Å². The average Bonchev–Trinajstić information content (AvgIpc) is 2.60. The lowest BCUT2D eigenvalue weighted by Gasteiger charge is -2.63. The highest BCUT2D eigenvalue weighted by Gasteiger charge is 2.63. The molecule has 0 bridgehead atoms. The maximum absolute atomic E-state index is 12.9. The van der Waals surface area contributed by atoms with E-state index in [1.807, 2.05) is 9.80 Å². The van der Waals surface area contributed by atoms with E-state index >= 15 is 0 Å². The quantitative estimate of drug-likeness (QED) is 0.739. The molecule has 2 aliphatic heterocycles. The fraction of sp³-hybridized carbons (Fsp3) is 0.889. The second kappa shape index (κ2) is 6.85. The first kappa shape index (κ1) is 18.6. The Morgan fingerprint density at radius 1 is 1.28 bits per heavy atom. The van der Waals surface area contributed by atoms with Gasteiger partial charge in [0.15, 0.2) is 0 Å². The van der Waals surface area contributed by atoms with Gasteiger partial charge in [-0.25, -0.2) is 0 Å². The molecular formula is C18H31N3O4. The van der Waals surface area contributed by atoms with Gasteiger partial charge in [0.2, 0.25) is 11.8 Å². The largest absolute Gasteiger partial charge is 0.392 e. The zero-order valence-corrected chi connectivity index (χ0v) is 15.4. The second-order valence-electron chi connectivity index (χ2n) is 8.18. The molecule has 0 aromatic rings. The van der Waals surface area contributed by atoms with Crippen LogP contribution in [-0.2, 0) is 14.3 Å². The molecule has 1 saturated carbocycles. The van der Waals surface area contributed by atoms with Gasteiger partial charge in [0, 0.05) is 38.6 Å². The van der Waals surface area contributed by atoms with Gasteiger partial charge in [0.25, 0.3) is 0 Å². The molecule has 3 fully saturated rings. The number of carbonyl (C=O) groups excluding carboxylic acids is 2. The summed E-state index contributed by atoms with van der Waals surface area (Å²) < 4.78 is 5.69. The van der Waals surface area contributed by atoms with E-state index in [0.717, 1.165) is 32.2 Å². The van der Waals surface area contributed by atoms with E-state index in [-0.39, 0.29) is 41.4 Å². The van der Waals surface area contributed by atoms with E-state index in [9.17, 15) is 14.7 Å². The van der Waals surface area contributed by atoms with Crippen LogP contribution in [0.5, 0.6) is 0 Å². The number of nitrogens with two attached hydrogens (primary N) is 1. The first-order chi connectivity index (χ1) is 11.8. The van der Waals surface area contributed by atoms with E-state index in [1.54, 1.807) is 7.11 Å². The molecule has 25 heavy (non-hydrogen) atoms. The highest BCUT2D eigenvalue weighted by atomic mass is 16.5. The molecule has 3 N–H and O–H groups in total. The van der Waals surface area contributed by atoms with Gasteiger partial charge in [-0.3, -0.25) is 14.5 Å². The number of hydrogen-bond acceptors (Lipinski definition) is 5. The van der Waals surface area contributed by atoms with Crippen LogP contribution in [0.1, 0.15) is 39.0 Å². The first-order valence-corrected chi connectivity index (χ1v) is 9.34. The highest BCUT2D eigenvalue weighted by Crippen LogP contribution is 2.58. The Morgan fingerprint density at radius 3 is 2.52 bits per heavy atom. The number of nitrogens with zero attached hydrogens (tertiary/aromatic N) is 2. The molecule has 7 nitrogen and oxygen atoms in total. The van der Waals surface area contributed by atoms with Crippen LogP contribution < -0.4 is 5.73 Å². The van der Waals surface area contributed by atoms with Crippen molar-refractivity contribution in [3.63, 3.8) is 0 Å². The lowest BCUT2D eigenvalue weighted by molar-refractivity contribution is -0.261. The molecule has 3 atom stereocenters. The molecule has 7 heteroatoms. The van der Waals surface area contributed by atoms with Crippen LogP contribution in [0.15, 0.2) is 0 Å². The summed E-state index contributed by atoms with van der Waals surface area (Å²) >= 11 is 0. The van der Waals surface area contributed by atoms with Gasteiger partial charge in [0.1, 0.15) is 0 Å². The summed E-state index contributed by atoms with van der Waals surface area (Å²) in [6.45, 7) is 5.07. The average molecular weight is 353 g/mol. The topological polar surface area (TPSA) is 96.1 Å². The third-order valence-electron chi connectivity index (χ3n) is 6.93. The number of ether oxygens (including phenoxy) is 1. The minimum Gasteiger partial charge on any atom is -0.392 e. The predicted octanol–water partition coefficient (Wildman–Crippen LogP) is -0.0378. The van der Waals surface area contributed by atoms with Crippen LogP contribution in [-0.4, -0.2) is 78.3 Å². The number of rotatable bonds is 4. The van der Waals surface area contributed by atoms with Crippen LogP contribution >= 0.6 is 0 Å². The summed E-state index contributed by atoms with van der Waals surface area (Å²) in [4.78, 5) is 27.9. The Labute approximate surface area is 149 Å². The van der Waals surface area contributed by atoms with Gasteiger partial charge in [-0.1, -0.05) is 0 Å². The van der Waals surface area contributed by atoms with Crippen molar-refractivity contribution in [3.8, 4) is 0 Å². The number of primary amides is 1. The van der Waals surface area contributed by atoms with Crippen LogP contribution in [0.4, 0.5) is 0 Å². The zero-order chi connectivity index (χ0) is 18.2. The number of likely N-dealkylation sites (tertiary alicyclic amines) is 2. The van der Waals surface area contributed by atoms with Crippen molar-refractivity contribution < 1.29 is 19.4 Å². The Morgan fingerprint density at radius 2 is 1.96 bits per heavy atom. The monoisotopic (exact) mass is 353 g/mol. The fourth-order valence-corrected chi connectivity index (χ4v) is 5.14. The zero-order valence-electron chi connectivity index (χ0n) is 15.4. The molecule has 2 saturated heterocycles. The molecule has 3 aliphatic rings. The van der Waals surface area contributed by atoms with Crippen molar-refractivity contribution in [2.24, 2.45) is 17.1 Å². The molecule has 1 spiro atoms. The van der Waals surface area contributed by atoms with Crippen molar-refractivity contribution in [1.82, 2.24) is 9.80 Å². The fourth-order valence-electron chi connectivity index (χ4n) is 5.14. The Kier molecular flexibility index (Phi) is 5.10. The molecule has 1 unspecified atom stereocenters. The van der Waals surface area contributed by atoms with E-state index in [0.29, 0.717) is 26.1 Å². The van der Waals surface area contributed by atoms with Gasteiger partial charge < -0.3 is 20.5 Å². The predicted molar refractivity (Wildman–Crippen MR) is 92.6 cm³/mol. The summed E-state index contributed by atoms with van der Waals surface area (Å²) in [5.74, 6) is -0.218. The SMILES string of the molecule is CO[C@@]1(C)C[C@@H](O)C12CCN(C(=O)C1CCCN(CC(N)=O)C1)CC2. The highest BCUT2D eigenvalue weighted by molar-refractivity contribution is 5.80. The minimum absolute atomic E-state index is 0.0535. The standard InChI is InChI=1S/C18H31N3O4/c1-17(25-2)10-14(22)18(17)5-8-21(9-6-18)16(24)13-4-3-7-20(11-13)12-15(19)23/h13-14,22H,3-12H2,1-2H3,(H2,19,23)/t13?,14-,17+/m1/s1. The molecule has 142 valence electrons. The van der Waals surface area contributed by atoms with Crippen LogP contribution in [0.2, 0.25) is 0 Å². The molecule has 0 aromatic heterocycles. The Balaban J connectivity index is 1.57. The van der Waals surface area contributed by atoms with Crippen molar-refractivity contribution in [1.29, 1.82) is 0 Å². The minimum atomic E-state index is -0.342. The number of amides is 2. The summed E-state index contributed by atoms with van der Waals surface area (Å²) in [5.41, 5.74) is 4.77. The lowest BCUT2D eigenvalue weighted by atomic mass is 9.51. The molecule has 0 radical (unpaired) electrons. The van der Waals surface area contributed by atoms with E-state index in [1.165, 1.54) is 0 Å². The maximum Gasteiger partial charge on any atom is 0.231 e. The number of aliphatic hydroxyl groups is 1. The van der Waals surface area contributed by atoms with Gasteiger partial charge in [0.05, 0.1) is 24.2 Å². The molecule has 2 heterocycles. The molecule has 1 aliphatic carbocycles. The summed E-state index contributed by atoms with van der Waals surface area (Å²) in [5, 5.41) is 10.3. The number of piperidine rings is 2. The Bertz CT molecular complexity index is 532. The first-order valence-electron chi connectivity index (χ1n) is 9.34.